The summed E-state index contributed by atoms with van der Waals surface area (Å²) in [6.07, 6.45) is 0.0981. The highest BCUT2D eigenvalue weighted by Gasteiger charge is 2.12. The Balaban J connectivity index is 2.18. The number of para-hydroxylation sites is 2. The Kier molecular flexibility index (Phi) is 3.63. The third kappa shape index (κ3) is 2.45. The average Bonchev–Trinajstić information content (AvgIpc) is 2.53. The van der Waals surface area contributed by atoms with E-state index in [-0.39, 0.29) is 11.8 Å². The lowest BCUT2D eigenvalue weighted by Gasteiger charge is -2.11. The molecule has 22 heavy (non-hydrogen) atoms. The maximum absolute atomic E-state index is 12.5. The lowest BCUT2D eigenvalue weighted by Crippen LogP contribution is -2.13. The van der Waals surface area contributed by atoms with Gasteiger partial charge in [-0.15, -0.1) is 0 Å². The number of H-pyrrole nitrogens is 1. The van der Waals surface area contributed by atoms with Gasteiger partial charge >= 0.3 is 0 Å². The zero-order valence-electron chi connectivity index (χ0n) is 12.1. The monoisotopic (exact) mass is 290 g/mol. The molecule has 4 heteroatoms. The van der Waals surface area contributed by atoms with Crippen molar-refractivity contribution in [2.75, 3.05) is 0 Å². The molecule has 0 saturated heterocycles. The first kappa shape index (κ1) is 13.9. The number of aromatic amines is 1. The number of nitrogens with zero attached hydrogens (tertiary/aromatic N) is 1. The minimum atomic E-state index is -0.119. The highest BCUT2D eigenvalue weighted by Crippen LogP contribution is 2.27. The Bertz CT molecular complexity index is 921. The molecule has 0 fully saturated rings. The molecular weight excluding hydrogens is 276 g/mol. The van der Waals surface area contributed by atoms with Crippen LogP contribution in [0.4, 0.5) is 0 Å². The van der Waals surface area contributed by atoms with Crippen LogP contribution in [0.2, 0.25) is 0 Å². The summed E-state index contributed by atoms with van der Waals surface area (Å²) in [7, 11) is 0. The molecule has 0 bridgehead atoms. The molecular formula is C18H14N2O2. The van der Waals surface area contributed by atoms with Gasteiger partial charge in [0.1, 0.15) is 5.75 Å². The molecule has 0 aliphatic carbocycles. The minimum absolute atomic E-state index is 0.0981. The first-order valence-electron chi connectivity index (χ1n) is 6.95. The summed E-state index contributed by atoms with van der Waals surface area (Å²) in [5.74, 6) is 1.29. The van der Waals surface area contributed by atoms with Crippen molar-refractivity contribution in [2.24, 2.45) is 0 Å². The average molecular weight is 290 g/mol. The van der Waals surface area contributed by atoms with Crippen LogP contribution in [0.15, 0.2) is 53.3 Å². The Hall–Kier alpha value is -3.06. The van der Waals surface area contributed by atoms with E-state index in [1.54, 1.807) is 19.1 Å². The number of nitrogens with one attached hydrogen (secondary N) is 1. The van der Waals surface area contributed by atoms with Crippen LogP contribution in [-0.4, -0.2) is 4.98 Å². The van der Waals surface area contributed by atoms with Gasteiger partial charge in [-0.2, -0.15) is 5.26 Å². The van der Waals surface area contributed by atoms with E-state index in [9.17, 15) is 4.79 Å². The molecule has 4 nitrogen and oxygen atoms in total. The number of hydrogen-bond acceptors (Lipinski definition) is 3. The molecule has 0 amide bonds. The van der Waals surface area contributed by atoms with E-state index >= 15 is 0 Å². The number of aromatic nitrogens is 1. The quantitative estimate of drug-likeness (QED) is 0.800. The van der Waals surface area contributed by atoms with Crippen molar-refractivity contribution in [3.8, 4) is 17.6 Å². The summed E-state index contributed by atoms with van der Waals surface area (Å²) in [5, 5.41) is 9.39. The second kappa shape index (κ2) is 5.74. The summed E-state index contributed by atoms with van der Waals surface area (Å²) in [6, 6.07) is 16.8. The standard InChI is InChI=1S/C18H14N2O2/c1-12-14(10-11-19)18(21)15-8-5-9-16(17(15)20-12)22-13-6-3-2-4-7-13/h2-9H,10H2,1H3,(H,20,21). The second-order valence-corrected chi connectivity index (χ2v) is 4.99. The second-order valence-electron chi connectivity index (χ2n) is 4.99. The first-order valence-corrected chi connectivity index (χ1v) is 6.95. The molecule has 3 aromatic rings. The third-order valence-electron chi connectivity index (χ3n) is 3.54. The zero-order chi connectivity index (χ0) is 15.5. The molecule has 1 aromatic heterocycles. The number of fused-ring (bicyclic) bond motifs is 1. The molecule has 0 atom stereocenters. The molecule has 0 aliphatic heterocycles. The van der Waals surface area contributed by atoms with Gasteiger partial charge in [0.2, 0.25) is 0 Å². The maximum atomic E-state index is 12.5. The van der Waals surface area contributed by atoms with Crippen LogP contribution in [0, 0.1) is 18.3 Å². The van der Waals surface area contributed by atoms with E-state index in [4.69, 9.17) is 10.00 Å². The SMILES string of the molecule is Cc1[nH]c2c(Oc3ccccc3)cccc2c(=O)c1CC#N. The highest BCUT2D eigenvalue weighted by atomic mass is 16.5. The van der Waals surface area contributed by atoms with E-state index in [0.717, 1.165) is 0 Å². The largest absolute Gasteiger partial charge is 0.455 e. The molecule has 2 aromatic carbocycles. The summed E-state index contributed by atoms with van der Waals surface area (Å²) in [6.45, 7) is 1.80. The highest BCUT2D eigenvalue weighted by molar-refractivity contribution is 5.85. The van der Waals surface area contributed by atoms with Crippen molar-refractivity contribution in [1.82, 2.24) is 4.98 Å². The number of rotatable bonds is 3. The molecule has 108 valence electrons. The smallest absolute Gasteiger partial charge is 0.194 e. The van der Waals surface area contributed by atoms with Gasteiger partial charge in [0.05, 0.1) is 18.0 Å². The number of ether oxygens (including phenoxy) is 1. The Morgan fingerprint density at radius 2 is 1.91 bits per heavy atom. The molecule has 0 saturated carbocycles. The summed E-state index contributed by atoms with van der Waals surface area (Å²) < 4.78 is 5.87. The van der Waals surface area contributed by atoms with Crippen LogP contribution < -0.4 is 10.2 Å². The van der Waals surface area contributed by atoms with Crippen LogP contribution >= 0.6 is 0 Å². The van der Waals surface area contributed by atoms with Gasteiger partial charge in [-0.3, -0.25) is 4.79 Å². The molecule has 3 rings (SSSR count). The van der Waals surface area contributed by atoms with E-state index in [1.165, 1.54) is 0 Å². The van der Waals surface area contributed by atoms with Gasteiger partial charge in [-0.05, 0) is 31.2 Å². The number of hydrogen-bond donors (Lipinski definition) is 1. The molecule has 0 radical (unpaired) electrons. The predicted octanol–water partition coefficient (Wildman–Crippen LogP) is 3.69. The van der Waals surface area contributed by atoms with Gasteiger partial charge in [-0.25, -0.2) is 0 Å². The Labute approximate surface area is 127 Å². The van der Waals surface area contributed by atoms with Gasteiger partial charge in [0.25, 0.3) is 0 Å². The van der Waals surface area contributed by atoms with Gasteiger partial charge in [0.15, 0.2) is 11.2 Å². The van der Waals surface area contributed by atoms with Crippen molar-refractivity contribution >= 4 is 10.9 Å². The van der Waals surface area contributed by atoms with E-state index < -0.39 is 0 Å². The van der Waals surface area contributed by atoms with Crippen molar-refractivity contribution in [3.63, 3.8) is 0 Å². The van der Waals surface area contributed by atoms with Gasteiger partial charge in [-0.1, -0.05) is 24.3 Å². The van der Waals surface area contributed by atoms with Crippen LogP contribution in [0.25, 0.3) is 10.9 Å². The van der Waals surface area contributed by atoms with Gasteiger partial charge in [0, 0.05) is 16.6 Å². The normalized spacial score (nSPS) is 10.4. The van der Waals surface area contributed by atoms with Crippen LogP contribution in [0.1, 0.15) is 11.3 Å². The Morgan fingerprint density at radius 3 is 2.64 bits per heavy atom. The van der Waals surface area contributed by atoms with Crippen LogP contribution in [0.3, 0.4) is 0 Å². The maximum Gasteiger partial charge on any atom is 0.194 e. The van der Waals surface area contributed by atoms with Crippen molar-refractivity contribution in [3.05, 3.63) is 70.0 Å². The summed E-state index contributed by atoms with van der Waals surface area (Å²) in [4.78, 5) is 15.7. The zero-order valence-corrected chi connectivity index (χ0v) is 12.1. The number of aryl methyl sites for hydroxylation is 1. The van der Waals surface area contributed by atoms with Crippen molar-refractivity contribution in [1.29, 1.82) is 5.26 Å². The van der Waals surface area contributed by atoms with Crippen molar-refractivity contribution in [2.45, 2.75) is 13.3 Å². The van der Waals surface area contributed by atoms with E-state index in [1.807, 2.05) is 42.5 Å². The van der Waals surface area contributed by atoms with E-state index in [2.05, 4.69) is 4.98 Å². The number of benzene rings is 2. The first-order chi connectivity index (χ1) is 10.7. The lowest BCUT2D eigenvalue weighted by atomic mass is 10.1. The third-order valence-corrected chi connectivity index (χ3v) is 3.54. The lowest BCUT2D eigenvalue weighted by molar-refractivity contribution is 0.487. The molecule has 0 spiro atoms. The fraction of sp³-hybridized carbons (Fsp3) is 0.111. The van der Waals surface area contributed by atoms with Crippen LogP contribution in [0.5, 0.6) is 11.5 Å². The number of pyridine rings is 1. The topological polar surface area (TPSA) is 65.9 Å². The number of nitriles is 1. The molecule has 0 aliphatic rings. The molecule has 1 heterocycles. The predicted molar refractivity (Wildman–Crippen MR) is 85.1 cm³/mol. The molecule has 1 N–H and O–H groups in total. The fourth-order valence-corrected chi connectivity index (χ4v) is 2.44. The van der Waals surface area contributed by atoms with Crippen LogP contribution in [-0.2, 0) is 6.42 Å². The fourth-order valence-electron chi connectivity index (χ4n) is 2.44. The van der Waals surface area contributed by atoms with E-state index in [0.29, 0.717) is 33.7 Å². The summed E-state index contributed by atoms with van der Waals surface area (Å²) in [5.41, 5.74) is 1.73. The minimum Gasteiger partial charge on any atom is -0.455 e. The van der Waals surface area contributed by atoms with Gasteiger partial charge < -0.3 is 9.72 Å². The summed E-state index contributed by atoms with van der Waals surface area (Å²) >= 11 is 0. The Morgan fingerprint density at radius 1 is 1.14 bits per heavy atom. The van der Waals surface area contributed by atoms with Crippen molar-refractivity contribution < 1.29 is 4.74 Å². The molecule has 0 unspecified atom stereocenters.